The van der Waals surface area contributed by atoms with Crippen LogP contribution in [0.5, 0.6) is 0 Å². The van der Waals surface area contributed by atoms with Gasteiger partial charge < -0.3 is 20.3 Å². The van der Waals surface area contributed by atoms with Crippen molar-refractivity contribution in [2.75, 3.05) is 6.61 Å². The highest BCUT2D eigenvalue weighted by Gasteiger charge is 2.24. The molecule has 0 saturated carbocycles. The van der Waals surface area contributed by atoms with Crippen molar-refractivity contribution in [1.82, 2.24) is 5.32 Å². The number of allylic oxidation sites excluding steroid dienone is 10. The maximum absolute atomic E-state index is 13.3. The van der Waals surface area contributed by atoms with Crippen LogP contribution < -0.4 is 5.32 Å². The zero-order valence-corrected chi connectivity index (χ0v) is 43.8. The van der Waals surface area contributed by atoms with E-state index in [-0.39, 0.29) is 24.9 Å². The van der Waals surface area contributed by atoms with Crippen LogP contribution in [0.25, 0.3) is 0 Å². The Bertz CT molecular complexity index is 1170. The van der Waals surface area contributed by atoms with Gasteiger partial charge in [0.05, 0.1) is 25.2 Å². The first-order valence-electron chi connectivity index (χ1n) is 28.6. The molecule has 6 heteroatoms. The monoisotopic (exact) mass is 924 g/mol. The summed E-state index contributed by atoms with van der Waals surface area (Å²) in [4.78, 5) is 26.2. The van der Waals surface area contributed by atoms with Crippen molar-refractivity contribution in [2.24, 2.45) is 0 Å². The molecular weight excluding hydrogens is 815 g/mol. The Hall–Kier alpha value is -2.44. The fraction of sp³-hybridized carbons (Fsp3) is 0.800. The molecule has 3 unspecified atom stereocenters. The van der Waals surface area contributed by atoms with Crippen LogP contribution in [0.2, 0.25) is 0 Å². The van der Waals surface area contributed by atoms with Gasteiger partial charge in [0.2, 0.25) is 5.91 Å². The third kappa shape index (κ3) is 48.0. The maximum atomic E-state index is 13.3. The fourth-order valence-corrected chi connectivity index (χ4v) is 8.54. The average molecular weight is 925 g/mol. The molecule has 384 valence electrons. The minimum atomic E-state index is -0.802. The molecule has 0 heterocycles. The van der Waals surface area contributed by atoms with Crippen molar-refractivity contribution < 1.29 is 24.5 Å². The highest BCUT2D eigenvalue weighted by atomic mass is 16.5. The smallest absolute Gasteiger partial charge is 0.306 e. The van der Waals surface area contributed by atoms with Crippen LogP contribution in [0, 0.1) is 0 Å². The van der Waals surface area contributed by atoms with Crippen LogP contribution in [0.15, 0.2) is 60.8 Å². The summed E-state index contributed by atoms with van der Waals surface area (Å²) in [5.74, 6) is -0.519. The third-order valence-corrected chi connectivity index (χ3v) is 12.9. The number of ether oxygens (including phenoxy) is 1. The first kappa shape index (κ1) is 63.6. The molecule has 0 aromatic rings. The van der Waals surface area contributed by atoms with Gasteiger partial charge in [0.15, 0.2) is 0 Å². The Kier molecular flexibility index (Phi) is 51.5. The average Bonchev–Trinajstić information content (AvgIpc) is 3.31. The minimum absolute atomic E-state index is 0.0481. The molecule has 1 amide bonds. The van der Waals surface area contributed by atoms with Gasteiger partial charge in [-0.3, -0.25) is 9.59 Å². The molecule has 3 atom stereocenters. The molecule has 0 aliphatic rings. The van der Waals surface area contributed by atoms with E-state index in [1.807, 2.05) is 0 Å². The van der Waals surface area contributed by atoms with Gasteiger partial charge in [-0.05, 0) is 77.0 Å². The number of aliphatic hydroxyl groups excluding tert-OH is 2. The van der Waals surface area contributed by atoms with Crippen molar-refractivity contribution >= 4 is 11.9 Å². The maximum Gasteiger partial charge on any atom is 0.306 e. The van der Waals surface area contributed by atoms with E-state index in [0.29, 0.717) is 19.3 Å². The van der Waals surface area contributed by atoms with Gasteiger partial charge in [-0.15, -0.1) is 0 Å². The van der Waals surface area contributed by atoms with E-state index in [4.69, 9.17) is 4.74 Å². The van der Waals surface area contributed by atoms with E-state index < -0.39 is 18.2 Å². The molecule has 0 bridgehead atoms. The molecule has 3 N–H and O–H groups in total. The highest BCUT2D eigenvalue weighted by Crippen LogP contribution is 2.18. The standard InChI is InChI=1S/C60H109NO5/c1-4-7-10-13-16-19-22-25-27-29-30-32-35-38-41-44-47-50-53-60(65)66-56(51-48-45-42-39-36-34-31-28-26-23-20-17-14-11-8-5-2)54-59(64)61-57(55-62)58(63)52-49-46-43-40-37-33-24-21-18-15-12-9-6-3/h23,26-32,34,36,56-58,62-63H,4-22,24-25,33,35,37-55H2,1-3H3,(H,61,64)/b26-23+,29-27+,31-28+,32-30+,36-34+. The van der Waals surface area contributed by atoms with Crippen LogP contribution in [-0.2, 0) is 14.3 Å². The van der Waals surface area contributed by atoms with E-state index in [0.717, 1.165) is 89.9 Å². The first-order valence-corrected chi connectivity index (χ1v) is 28.6. The number of aliphatic hydroxyl groups is 2. The lowest BCUT2D eigenvalue weighted by Gasteiger charge is -2.24. The number of amides is 1. The lowest BCUT2D eigenvalue weighted by atomic mass is 10.0. The largest absolute Gasteiger partial charge is 0.462 e. The Morgan fingerprint density at radius 3 is 1.18 bits per heavy atom. The van der Waals surface area contributed by atoms with Crippen LogP contribution in [0.1, 0.15) is 284 Å². The van der Waals surface area contributed by atoms with Crippen molar-refractivity contribution in [3.63, 3.8) is 0 Å². The van der Waals surface area contributed by atoms with Gasteiger partial charge >= 0.3 is 5.97 Å². The number of carbonyl (C=O) groups excluding carboxylic acids is 2. The molecule has 0 fully saturated rings. The van der Waals surface area contributed by atoms with Crippen LogP contribution in [-0.4, -0.2) is 46.9 Å². The Balaban J connectivity index is 4.66. The fourth-order valence-electron chi connectivity index (χ4n) is 8.54. The predicted octanol–water partition coefficient (Wildman–Crippen LogP) is 17.6. The molecule has 0 aromatic heterocycles. The summed E-state index contributed by atoms with van der Waals surface area (Å²) in [6.07, 6.45) is 67.1. The molecular formula is C60H109NO5. The van der Waals surface area contributed by atoms with Gasteiger partial charge in [0, 0.05) is 6.42 Å². The van der Waals surface area contributed by atoms with Crippen molar-refractivity contribution in [1.29, 1.82) is 0 Å². The molecule has 0 radical (unpaired) electrons. The zero-order chi connectivity index (χ0) is 48.1. The first-order chi connectivity index (χ1) is 32.5. The number of hydrogen-bond donors (Lipinski definition) is 3. The van der Waals surface area contributed by atoms with Crippen LogP contribution in [0.3, 0.4) is 0 Å². The lowest BCUT2D eigenvalue weighted by molar-refractivity contribution is -0.151. The second-order valence-corrected chi connectivity index (χ2v) is 19.4. The van der Waals surface area contributed by atoms with Gasteiger partial charge in [-0.25, -0.2) is 0 Å². The second-order valence-electron chi connectivity index (χ2n) is 19.4. The quantitative estimate of drug-likeness (QED) is 0.0321. The van der Waals surface area contributed by atoms with Crippen molar-refractivity contribution in [3.05, 3.63) is 60.8 Å². The Labute approximate surface area is 409 Å². The van der Waals surface area contributed by atoms with Crippen molar-refractivity contribution in [3.8, 4) is 0 Å². The van der Waals surface area contributed by atoms with Crippen LogP contribution >= 0.6 is 0 Å². The minimum Gasteiger partial charge on any atom is -0.462 e. The summed E-state index contributed by atoms with van der Waals surface area (Å²) in [6, 6.07) is -0.718. The predicted molar refractivity (Wildman–Crippen MR) is 287 cm³/mol. The Morgan fingerprint density at radius 1 is 0.439 bits per heavy atom. The molecule has 0 aromatic carbocycles. The lowest BCUT2D eigenvalue weighted by Crippen LogP contribution is -2.46. The molecule has 6 nitrogen and oxygen atoms in total. The van der Waals surface area contributed by atoms with E-state index in [1.165, 1.54) is 148 Å². The highest BCUT2D eigenvalue weighted by molar-refractivity contribution is 5.77. The number of hydrogen-bond acceptors (Lipinski definition) is 5. The topological polar surface area (TPSA) is 95.9 Å². The van der Waals surface area contributed by atoms with E-state index >= 15 is 0 Å². The summed E-state index contributed by atoms with van der Waals surface area (Å²) in [7, 11) is 0. The van der Waals surface area contributed by atoms with Gasteiger partial charge in [-0.2, -0.15) is 0 Å². The summed E-state index contributed by atoms with van der Waals surface area (Å²) < 4.78 is 5.94. The van der Waals surface area contributed by atoms with Gasteiger partial charge in [0.1, 0.15) is 6.10 Å². The molecule has 0 saturated heterocycles. The number of rotatable bonds is 51. The van der Waals surface area contributed by atoms with Crippen LogP contribution in [0.4, 0.5) is 0 Å². The van der Waals surface area contributed by atoms with Crippen molar-refractivity contribution in [2.45, 2.75) is 302 Å². The van der Waals surface area contributed by atoms with E-state index in [9.17, 15) is 19.8 Å². The molecule has 0 aliphatic heterocycles. The summed E-state index contributed by atoms with van der Waals surface area (Å²) in [5.41, 5.74) is 0. The molecule has 0 aliphatic carbocycles. The number of esters is 1. The summed E-state index contributed by atoms with van der Waals surface area (Å²) in [5, 5.41) is 23.8. The number of carbonyl (C=O) groups is 2. The number of unbranched alkanes of at least 4 members (excludes halogenated alkanes) is 32. The summed E-state index contributed by atoms with van der Waals surface area (Å²) in [6.45, 7) is 6.47. The summed E-state index contributed by atoms with van der Waals surface area (Å²) >= 11 is 0. The van der Waals surface area contributed by atoms with Gasteiger partial charge in [0.25, 0.3) is 0 Å². The molecule has 0 spiro atoms. The number of nitrogens with one attached hydrogen (secondary N) is 1. The van der Waals surface area contributed by atoms with E-state index in [2.05, 4.69) is 86.8 Å². The van der Waals surface area contributed by atoms with Gasteiger partial charge in [-0.1, -0.05) is 255 Å². The second kappa shape index (κ2) is 53.5. The Morgan fingerprint density at radius 2 is 0.773 bits per heavy atom. The normalized spacial score (nSPS) is 13.6. The molecule has 66 heavy (non-hydrogen) atoms. The van der Waals surface area contributed by atoms with E-state index in [1.54, 1.807) is 0 Å². The SMILES string of the molecule is CCCCCCC/C=C/C=C/C=C/CCCCCC(CC(=O)NC(CO)C(O)CCCCCCCCCCCCCCC)OC(=O)CCCCCCC/C=C/C=C/CCCCCCCCC. The third-order valence-electron chi connectivity index (χ3n) is 12.9. The molecule has 0 rings (SSSR count). The zero-order valence-electron chi connectivity index (χ0n) is 43.8.